The molecular weight excluding hydrogens is 260 g/mol. The van der Waals surface area contributed by atoms with Gasteiger partial charge in [0.05, 0.1) is 4.90 Å². The highest BCUT2D eigenvalue weighted by atomic mass is 32.2. The smallest absolute Gasteiger partial charge is 0.240 e. The van der Waals surface area contributed by atoms with Crippen molar-refractivity contribution in [3.63, 3.8) is 0 Å². The number of rotatable bonds is 5. The maximum Gasteiger partial charge on any atom is 0.240 e. The summed E-state index contributed by atoms with van der Waals surface area (Å²) in [5.74, 6) is 0.989. The summed E-state index contributed by atoms with van der Waals surface area (Å²) in [6.45, 7) is 3.99. The standard InChI is InChI=1S/C14H20N2O2S/c1-2-3-10-4-6-11(7-5-10)19(17,18)16-14-12-8-15-9-13(12)14/h4-7,12-16H,2-3,8-9H2,1H3. The first kappa shape index (κ1) is 13.1. The minimum Gasteiger partial charge on any atom is -0.316 e. The Morgan fingerprint density at radius 1 is 1.21 bits per heavy atom. The summed E-state index contributed by atoms with van der Waals surface area (Å²) in [7, 11) is -3.35. The summed E-state index contributed by atoms with van der Waals surface area (Å²) in [6, 6.07) is 7.38. The Bertz CT molecular complexity index is 543. The molecular formula is C14H20N2O2S. The summed E-state index contributed by atoms with van der Waals surface area (Å²) in [4.78, 5) is 0.380. The van der Waals surface area contributed by atoms with E-state index in [2.05, 4.69) is 17.0 Å². The van der Waals surface area contributed by atoms with Crippen LogP contribution >= 0.6 is 0 Å². The Morgan fingerprint density at radius 3 is 2.42 bits per heavy atom. The molecule has 0 aromatic heterocycles. The van der Waals surface area contributed by atoms with Gasteiger partial charge in [-0.15, -0.1) is 0 Å². The summed E-state index contributed by atoms with van der Waals surface area (Å²) >= 11 is 0. The highest BCUT2D eigenvalue weighted by Gasteiger charge is 2.54. The van der Waals surface area contributed by atoms with Crippen molar-refractivity contribution in [1.29, 1.82) is 0 Å². The Labute approximate surface area is 114 Å². The minimum atomic E-state index is -3.35. The van der Waals surface area contributed by atoms with Crippen LogP contribution in [-0.2, 0) is 16.4 Å². The maximum absolute atomic E-state index is 12.3. The molecule has 1 aliphatic heterocycles. The summed E-state index contributed by atoms with van der Waals surface area (Å²) in [5, 5.41) is 3.26. The van der Waals surface area contributed by atoms with E-state index in [1.54, 1.807) is 12.1 Å². The first-order chi connectivity index (χ1) is 9.12. The molecule has 2 fully saturated rings. The molecule has 4 nitrogen and oxygen atoms in total. The molecule has 2 atom stereocenters. The molecule has 2 aliphatic rings. The number of sulfonamides is 1. The van der Waals surface area contributed by atoms with Gasteiger partial charge >= 0.3 is 0 Å². The third-order valence-corrected chi connectivity index (χ3v) is 5.63. The zero-order chi connectivity index (χ0) is 13.5. The fourth-order valence-electron chi connectivity index (χ4n) is 2.96. The monoisotopic (exact) mass is 280 g/mol. The largest absolute Gasteiger partial charge is 0.316 e. The van der Waals surface area contributed by atoms with Crippen molar-refractivity contribution in [2.24, 2.45) is 11.8 Å². The summed E-state index contributed by atoms with van der Waals surface area (Å²) in [5.41, 5.74) is 1.19. The quantitative estimate of drug-likeness (QED) is 0.850. The van der Waals surface area contributed by atoms with Crippen molar-refractivity contribution in [2.75, 3.05) is 13.1 Å². The van der Waals surface area contributed by atoms with E-state index in [0.29, 0.717) is 16.7 Å². The van der Waals surface area contributed by atoms with Crippen molar-refractivity contribution in [2.45, 2.75) is 30.7 Å². The van der Waals surface area contributed by atoms with Crippen LogP contribution in [0.5, 0.6) is 0 Å². The van der Waals surface area contributed by atoms with Crippen LogP contribution in [0.25, 0.3) is 0 Å². The number of hydrogen-bond donors (Lipinski definition) is 2. The second-order valence-corrected chi connectivity index (χ2v) is 7.24. The molecule has 3 rings (SSSR count). The van der Waals surface area contributed by atoms with Crippen LogP contribution in [0.1, 0.15) is 18.9 Å². The minimum absolute atomic E-state index is 0.140. The van der Waals surface area contributed by atoms with E-state index < -0.39 is 10.0 Å². The van der Waals surface area contributed by atoms with Crippen molar-refractivity contribution >= 4 is 10.0 Å². The van der Waals surface area contributed by atoms with Gasteiger partial charge in [0, 0.05) is 6.04 Å². The van der Waals surface area contributed by atoms with Gasteiger partial charge in [-0.1, -0.05) is 25.5 Å². The molecule has 5 heteroatoms. The molecule has 19 heavy (non-hydrogen) atoms. The van der Waals surface area contributed by atoms with Crippen LogP contribution in [0.4, 0.5) is 0 Å². The number of hydrogen-bond acceptors (Lipinski definition) is 3. The SMILES string of the molecule is CCCc1ccc(S(=O)(=O)NC2C3CNCC32)cc1. The first-order valence-corrected chi connectivity index (χ1v) is 8.42. The summed E-state index contributed by atoms with van der Waals surface area (Å²) < 4.78 is 27.3. The van der Waals surface area contributed by atoms with E-state index >= 15 is 0 Å². The summed E-state index contributed by atoms with van der Waals surface area (Å²) in [6.07, 6.45) is 2.06. The molecule has 2 N–H and O–H groups in total. The molecule has 104 valence electrons. The lowest BCUT2D eigenvalue weighted by atomic mass is 10.1. The van der Waals surface area contributed by atoms with E-state index in [1.165, 1.54) is 5.56 Å². The Balaban J connectivity index is 1.69. The molecule has 0 amide bonds. The highest BCUT2D eigenvalue weighted by molar-refractivity contribution is 7.89. The van der Waals surface area contributed by atoms with E-state index in [-0.39, 0.29) is 6.04 Å². The van der Waals surface area contributed by atoms with Crippen LogP contribution in [0.15, 0.2) is 29.2 Å². The van der Waals surface area contributed by atoms with Crippen molar-refractivity contribution in [3.8, 4) is 0 Å². The first-order valence-electron chi connectivity index (χ1n) is 6.94. The maximum atomic E-state index is 12.3. The van der Waals surface area contributed by atoms with Gasteiger partial charge in [0.1, 0.15) is 0 Å². The fraction of sp³-hybridized carbons (Fsp3) is 0.571. The molecule has 1 aromatic rings. The second kappa shape index (κ2) is 4.89. The third-order valence-electron chi connectivity index (χ3n) is 4.16. The number of aryl methyl sites for hydroxylation is 1. The lowest BCUT2D eigenvalue weighted by Crippen LogP contribution is -2.32. The molecule has 0 spiro atoms. The molecule has 0 bridgehead atoms. The topological polar surface area (TPSA) is 58.2 Å². The van der Waals surface area contributed by atoms with E-state index in [4.69, 9.17) is 0 Å². The van der Waals surface area contributed by atoms with Gasteiger partial charge in [-0.25, -0.2) is 13.1 Å². The lowest BCUT2D eigenvalue weighted by Gasteiger charge is -2.09. The zero-order valence-electron chi connectivity index (χ0n) is 11.1. The highest BCUT2D eigenvalue weighted by Crippen LogP contribution is 2.42. The molecule has 1 aromatic carbocycles. The predicted octanol–water partition coefficient (Wildman–Crippen LogP) is 1.14. The van der Waals surface area contributed by atoms with E-state index in [0.717, 1.165) is 25.9 Å². The van der Waals surface area contributed by atoms with Gasteiger partial charge in [-0.3, -0.25) is 0 Å². The second-order valence-electron chi connectivity index (χ2n) is 5.53. The van der Waals surface area contributed by atoms with Gasteiger partial charge in [0.2, 0.25) is 10.0 Å². The Morgan fingerprint density at radius 2 is 1.84 bits per heavy atom. The molecule has 2 unspecified atom stereocenters. The Hall–Kier alpha value is -0.910. The molecule has 1 heterocycles. The number of fused-ring (bicyclic) bond motifs is 1. The van der Waals surface area contributed by atoms with Crippen LogP contribution in [0.2, 0.25) is 0 Å². The van der Waals surface area contributed by atoms with Crippen molar-refractivity contribution in [1.82, 2.24) is 10.0 Å². The zero-order valence-corrected chi connectivity index (χ0v) is 11.9. The molecule has 0 radical (unpaired) electrons. The van der Waals surface area contributed by atoms with Crippen LogP contribution < -0.4 is 10.0 Å². The fourth-order valence-corrected chi connectivity index (χ4v) is 4.30. The predicted molar refractivity (Wildman–Crippen MR) is 74.4 cm³/mol. The van der Waals surface area contributed by atoms with Gasteiger partial charge in [-0.05, 0) is 49.0 Å². The van der Waals surface area contributed by atoms with E-state index in [1.807, 2.05) is 12.1 Å². The van der Waals surface area contributed by atoms with Crippen molar-refractivity contribution in [3.05, 3.63) is 29.8 Å². The normalized spacial score (nSPS) is 29.2. The van der Waals surface area contributed by atoms with Crippen LogP contribution in [0, 0.1) is 11.8 Å². The van der Waals surface area contributed by atoms with Gasteiger partial charge in [0.25, 0.3) is 0 Å². The number of piperidine rings is 1. The van der Waals surface area contributed by atoms with Gasteiger partial charge in [0.15, 0.2) is 0 Å². The lowest BCUT2D eigenvalue weighted by molar-refractivity contribution is 0.565. The molecule has 1 aliphatic carbocycles. The Kier molecular flexibility index (Phi) is 3.37. The number of benzene rings is 1. The number of nitrogens with one attached hydrogen (secondary N) is 2. The van der Waals surface area contributed by atoms with Crippen molar-refractivity contribution < 1.29 is 8.42 Å². The van der Waals surface area contributed by atoms with E-state index in [9.17, 15) is 8.42 Å². The third kappa shape index (κ3) is 2.55. The molecule has 1 saturated heterocycles. The van der Waals surface area contributed by atoms with Crippen LogP contribution in [0.3, 0.4) is 0 Å². The average molecular weight is 280 g/mol. The van der Waals surface area contributed by atoms with Gasteiger partial charge < -0.3 is 5.32 Å². The molecule has 1 saturated carbocycles. The van der Waals surface area contributed by atoms with Gasteiger partial charge in [-0.2, -0.15) is 0 Å². The average Bonchev–Trinajstić information content (AvgIpc) is 2.84. The van der Waals surface area contributed by atoms with Crippen LogP contribution in [-0.4, -0.2) is 27.5 Å².